The van der Waals surface area contributed by atoms with Gasteiger partial charge in [0.05, 0.1) is 31.4 Å². The molecule has 8 nitrogen and oxygen atoms in total. The molecular weight excluding hydrogens is 472 g/mol. The van der Waals surface area contributed by atoms with E-state index in [-0.39, 0.29) is 11.3 Å². The van der Waals surface area contributed by atoms with Gasteiger partial charge in [0.15, 0.2) is 0 Å². The minimum Gasteiger partial charge on any atom is -0.507 e. The zero-order valence-electron chi connectivity index (χ0n) is 21.2. The number of ketones is 1. The van der Waals surface area contributed by atoms with Gasteiger partial charge in [-0.1, -0.05) is 24.8 Å². The summed E-state index contributed by atoms with van der Waals surface area (Å²) < 4.78 is 16.6. The molecule has 0 unspecified atom stereocenters. The number of carbonyl (C=O) groups is 2. The minimum atomic E-state index is -0.733. The number of morpholine rings is 1. The van der Waals surface area contributed by atoms with Gasteiger partial charge in [-0.05, 0) is 55.3 Å². The zero-order chi connectivity index (χ0) is 26.2. The molecule has 1 N–H and O–H groups in total. The van der Waals surface area contributed by atoms with Crippen molar-refractivity contribution in [1.82, 2.24) is 9.80 Å². The molecule has 4 rings (SSSR count). The van der Waals surface area contributed by atoms with Crippen LogP contribution in [0.25, 0.3) is 5.76 Å². The van der Waals surface area contributed by atoms with E-state index >= 15 is 0 Å². The van der Waals surface area contributed by atoms with Crippen LogP contribution in [-0.4, -0.2) is 79.2 Å². The Balaban J connectivity index is 1.67. The number of benzene rings is 2. The van der Waals surface area contributed by atoms with Crippen molar-refractivity contribution in [2.45, 2.75) is 19.4 Å². The summed E-state index contributed by atoms with van der Waals surface area (Å²) in [6.07, 6.45) is 2.34. The average Bonchev–Trinajstić information content (AvgIpc) is 3.18. The second-order valence-corrected chi connectivity index (χ2v) is 8.93. The Kier molecular flexibility index (Phi) is 8.98. The number of likely N-dealkylation sites (tertiary alicyclic amines) is 1. The normalized spacial score (nSPS) is 19.7. The van der Waals surface area contributed by atoms with Crippen LogP contribution in [0.4, 0.5) is 0 Å². The molecule has 2 heterocycles. The van der Waals surface area contributed by atoms with Crippen LogP contribution in [0.3, 0.4) is 0 Å². The second-order valence-electron chi connectivity index (χ2n) is 8.93. The largest absolute Gasteiger partial charge is 0.507 e. The molecule has 0 aromatic heterocycles. The lowest BCUT2D eigenvalue weighted by molar-refractivity contribution is -0.140. The van der Waals surface area contributed by atoms with Gasteiger partial charge in [-0.25, -0.2) is 0 Å². The topological polar surface area (TPSA) is 88.5 Å². The van der Waals surface area contributed by atoms with Crippen LogP contribution >= 0.6 is 0 Å². The van der Waals surface area contributed by atoms with Crippen molar-refractivity contribution in [2.24, 2.45) is 0 Å². The number of aliphatic hydroxyl groups excluding tert-OH is 1. The lowest BCUT2D eigenvalue weighted by Crippen LogP contribution is -2.38. The van der Waals surface area contributed by atoms with Gasteiger partial charge in [0, 0.05) is 31.7 Å². The maximum Gasteiger partial charge on any atom is 0.295 e. The van der Waals surface area contributed by atoms with Gasteiger partial charge in [0.2, 0.25) is 0 Å². The van der Waals surface area contributed by atoms with Gasteiger partial charge in [-0.3, -0.25) is 14.5 Å². The fraction of sp³-hybridized carbons (Fsp3) is 0.379. The van der Waals surface area contributed by atoms with Crippen LogP contribution in [0.5, 0.6) is 11.5 Å². The molecular formula is C29H34N2O6. The summed E-state index contributed by atoms with van der Waals surface area (Å²) in [5, 5.41) is 11.3. The van der Waals surface area contributed by atoms with Crippen LogP contribution < -0.4 is 9.47 Å². The van der Waals surface area contributed by atoms with Gasteiger partial charge >= 0.3 is 0 Å². The lowest BCUT2D eigenvalue weighted by Gasteiger charge is -2.29. The quantitative estimate of drug-likeness (QED) is 0.215. The Hall–Kier alpha value is -3.62. The van der Waals surface area contributed by atoms with Gasteiger partial charge in [-0.2, -0.15) is 0 Å². The summed E-state index contributed by atoms with van der Waals surface area (Å²) in [4.78, 5) is 30.4. The van der Waals surface area contributed by atoms with E-state index in [9.17, 15) is 14.7 Å². The summed E-state index contributed by atoms with van der Waals surface area (Å²) in [5.74, 6) is -0.264. The molecule has 1 atom stereocenters. The third-order valence-corrected chi connectivity index (χ3v) is 6.50. The first-order valence-electron chi connectivity index (χ1n) is 12.7. The van der Waals surface area contributed by atoms with Gasteiger partial charge in [-0.15, -0.1) is 0 Å². The molecule has 0 spiro atoms. The Morgan fingerprint density at radius 1 is 1.08 bits per heavy atom. The number of rotatable bonds is 11. The fourth-order valence-electron chi connectivity index (χ4n) is 4.71. The highest BCUT2D eigenvalue weighted by atomic mass is 16.5. The molecule has 8 heteroatoms. The highest BCUT2D eigenvalue weighted by Crippen LogP contribution is 2.40. The number of Topliss-reactive ketones (excluding diaryl/α,β-unsaturated/α-hetero) is 1. The Morgan fingerprint density at radius 3 is 2.54 bits per heavy atom. The number of hydrogen-bond acceptors (Lipinski definition) is 7. The first-order chi connectivity index (χ1) is 18.0. The Bertz CT molecular complexity index is 1140. The van der Waals surface area contributed by atoms with Crippen molar-refractivity contribution < 1.29 is 28.9 Å². The number of ether oxygens (including phenoxy) is 3. The van der Waals surface area contributed by atoms with Crippen molar-refractivity contribution in [3.63, 3.8) is 0 Å². The van der Waals surface area contributed by atoms with Crippen LogP contribution in [0.1, 0.15) is 30.5 Å². The molecule has 2 saturated heterocycles. The van der Waals surface area contributed by atoms with Gasteiger partial charge in [0.1, 0.15) is 23.9 Å². The molecule has 0 saturated carbocycles. The van der Waals surface area contributed by atoms with Crippen molar-refractivity contribution in [1.29, 1.82) is 0 Å². The molecule has 0 bridgehead atoms. The maximum atomic E-state index is 13.3. The van der Waals surface area contributed by atoms with E-state index in [2.05, 4.69) is 11.5 Å². The highest BCUT2D eigenvalue weighted by Gasteiger charge is 2.46. The highest BCUT2D eigenvalue weighted by molar-refractivity contribution is 6.46. The van der Waals surface area contributed by atoms with Gasteiger partial charge < -0.3 is 24.2 Å². The van der Waals surface area contributed by atoms with E-state index in [0.29, 0.717) is 62.0 Å². The van der Waals surface area contributed by atoms with E-state index in [1.807, 2.05) is 25.1 Å². The van der Waals surface area contributed by atoms with Crippen molar-refractivity contribution in [3.05, 3.63) is 77.9 Å². The first-order valence-corrected chi connectivity index (χ1v) is 12.7. The summed E-state index contributed by atoms with van der Waals surface area (Å²) >= 11 is 0. The predicted octanol–water partition coefficient (Wildman–Crippen LogP) is 3.79. The predicted molar refractivity (Wildman–Crippen MR) is 141 cm³/mol. The summed E-state index contributed by atoms with van der Waals surface area (Å²) in [6, 6.07) is 13.4. The average molecular weight is 507 g/mol. The summed E-state index contributed by atoms with van der Waals surface area (Å²) in [7, 11) is 0. The third kappa shape index (κ3) is 6.21. The minimum absolute atomic E-state index is 0.0707. The lowest BCUT2D eigenvalue weighted by atomic mass is 9.95. The molecule has 2 aromatic rings. The van der Waals surface area contributed by atoms with Crippen LogP contribution in [0.15, 0.2) is 66.8 Å². The number of hydrogen-bond donors (Lipinski definition) is 1. The van der Waals surface area contributed by atoms with E-state index in [1.54, 1.807) is 41.3 Å². The SMILES string of the molecule is C=CCOc1cccc([C@H]2/C(=C(\O)c3ccc(OCC)cc3)C(=O)C(=O)N2CCCN2CCOCC2)c1. The molecule has 1 amide bonds. The Labute approximate surface area is 217 Å². The number of nitrogens with zero attached hydrogens (tertiary/aromatic N) is 2. The van der Waals surface area contributed by atoms with Gasteiger partial charge in [0.25, 0.3) is 11.7 Å². The first kappa shape index (κ1) is 26.4. The molecule has 0 aliphatic carbocycles. The van der Waals surface area contributed by atoms with E-state index in [0.717, 1.165) is 19.6 Å². The molecule has 196 valence electrons. The second kappa shape index (κ2) is 12.6. The van der Waals surface area contributed by atoms with Crippen molar-refractivity contribution >= 4 is 17.4 Å². The monoisotopic (exact) mass is 506 g/mol. The zero-order valence-corrected chi connectivity index (χ0v) is 21.2. The molecule has 2 aromatic carbocycles. The maximum absolute atomic E-state index is 13.3. The fourth-order valence-corrected chi connectivity index (χ4v) is 4.71. The molecule has 0 radical (unpaired) electrons. The van der Waals surface area contributed by atoms with Crippen LogP contribution in [-0.2, 0) is 14.3 Å². The Morgan fingerprint density at radius 2 is 1.84 bits per heavy atom. The summed E-state index contributed by atoms with van der Waals surface area (Å²) in [6.45, 7) is 10.7. The molecule has 2 aliphatic heterocycles. The molecule has 2 aliphatic rings. The standard InChI is InChI=1S/C29H34N2O6/c1-3-17-37-24-8-5-7-22(20-24)26-25(27(32)21-9-11-23(12-10-21)36-4-2)28(33)29(34)31(26)14-6-13-30-15-18-35-19-16-30/h3,5,7-12,20,26,32H,1,4,6,13-19H2,2H3/b27-25+/t26-/m0/s1. The van der Waals surface area contributed by atoms with E-state index in [1.165, 1.54) is 0 Å². The number of carbonyl (C=O) groups excluding carboxylic acids is 2. The third-order valence-electron chi connectivity index (χ3n) is 6.50. The van der Waals surface area contributed by atoms with Crippen LogP contribution in [0.2, 0.25) is 0 Å². The van der Waals surface area contributed by atoms with E-state index in [4.69, 9.17) is 14.2 Å². The molecule has 2 fully saturated rings. The van der Waals surface area contributed by atoms with Crippen molar-refractivity contribution in [2.75, 3.05) is 52.6 Å². The van der Waals surface area contributed by atoms with Crippen LogP contribution in [0, 0.1) is 0 Å². The van der Waals surface area contributed by atoms with E-state index < -0.39 is 17.7 Å². The summed E-state index contributed by atoms with van der Waals surface area (Å²) in [5.41, 5.74) is 1.21. The van der Waals surface area contributed by atoms with Crippen molar-refractivity contribution in [3.8, 4) is 11.5 Å². The number of aliphatic hydroxyl groups is 1. The molecule has 37 heavy (non-hydrogen) atoms. The number of amides is 1. The smallest absolute Gasteiger partial charge is 0.295 e.